The Balaban J connectivity index is 1.83. The van der Waals surface area contributed by atoms with E-state index in [2.05, 4.69) is 5.32 Å². The maximum Gasteiger partial charge on any atom is 0.245 e. The second-order valence-corrected chi connectivity index (χ2v) is 8.62. The molecule has 1 aliphatic heterocycles. The summed E-state index contributed by atoms with van der Waals surface area (Å²) >= 11 is 11.8. The molecule has 0 spiro atoms. The highest BCUT2D eigenvalue weighted by Gasteiger charge is 2.26. The van der Waals surface area contributed by atoms with Gasteiger partial charge >= 0.3 is 0 Å². The minimum absolute atomic E-state index is 0.0666. The van der Waals surface area contributed by atoms with E-state index in [4.69, 9.17) is 32.7 Å². The first-order chi connectivity index (χ1) is 12.8. The largest absolute Gasteiger partial charge is 0.454 e. The topological polar surface area (TPSA) is 84.9 Å². The van der Waals surface area contributed by atoms with Crippen molar-refractivity contribution >= 4 is 50.5 Å². The first kappa shape index (κ1) is 19.6. The van der Waals surface area contributed by atoms with Crippen molar-refractivity contribution in [2.75, 3.05) is 28.7 Å². The van der Waals surface area contributed by atoms with E-state index >= 15 is 0 Å². The molecule has 0 aromatic heterocycles. The van der Waals surface area contributed by atoms with Gasteiger partial charge < -0.3 is 14.8 Å². The van der Waals surface area contributed by atoms with Gasteiger partial charge in [-0.25, -0.2) is 8.42 Å². The number of ether oxygens (including phenoxy) is 2. The first-order valence-electron chi connectivity index (χ1n) is 7.95. The molecule has 0 atom stereocenters. The molecule has 1 amide bonds. The lowest BCUT2D eigenvalue weighted by Gasteiger charge is -2.23. The predicted molar refractivity (Wildman–Crippen MR) is 104 cm³/mol. The van der Waals surface area contributed by atoms with E-state index in [1.165, 1.54) is 25.1 Å². The van der Waals surface area contributed by atoms with Crippen LogP contribution >= 0.6 is 23.2 Å². The van der Waals surface area contributed by atoms with Crippen LogP contribution in [-0.2, 0) is 14.8 Å². The number of benzene rings is 2. The van der Waals surface area contributed by atoms with Gasteiger partial charge in [0.2, 0.25) is 22.7 Å². The monoisotopic (exact) mass is 430 g/mol. The van der Waals surface area contributed by atoms with Gasteiger partial charge in [-0.15, -0.1) is 0 Å². The molecular weight excluding hydrogens is 415 g/mol. The van der Waals surface area contributed by atoms with Crippen molar-refractivity contribution in [3.05, 3.63) is 46.4 Å². The van der Waals surface area contributed by atoms with E-state index in [1.54, 1.807) is 18.2 Å². The van der Waals surface area contributed by atoms with Crippen LogP contribution in [0.1, 0.15) is 6.92 Å². The number of hydrogen-bond donors (Lipinski definition) is 1. The molecule has 144 valence electrons. The number of carbonyl (C=O) groups is 1. The molecule has 1 heterocycles. The average molecular weight is 431 g/mol. The maximum absolute atomic E-state index is 12.5. The second-order valence-electron chi connectivity index (χ2n) is 5.62. The average Bonchev–Trinajstić information content (AvgIpc) is 3.10. The first-order valence-corrected chi connectivity index (χ1v) is 10.3. The summed E-state index contributed by atoms with van der Waals surface area (Å²) in [5.74, 6) is 0.256. The maximum atomic E-state index is 12.5. The van der Waals surface area contributed by atoms with E-state index in [-0.39, 0.29) is 17.6 Å². The van der Waals surface area contributed by atoms with E-state index in [0.717, 1.165) is 4.31 Å². The Morgan fingerprint density at radius 1 is 1.11 bits per heavy atom. The zero-order chi connectivity index (χ0) is 19.6. The summed E-state index contributed by atoms with van der Waals surface area (Å²) in [6.07, 6.45) is 0. The van der Waals surface area contributed by atoms with Crippen LogP contribution in [0.5, 0.6) is 11.5 Å². The van der Waals surface area contributed by atoms with Gasteiger partial charge in [0.05, 0.1) is 21.5 Å². The van der Waals surface area contributed by atoms with E-state index < -0.39 is 22.5 Å². The van der Waals surface area contributed by atoms with Crippen LogP contribution in [0.3, 0.4) is 0 Å². The summed E-state index contributed by atoms with van der Waals surface area (Å²) in [5, 5.41) is 3.25. The highest BCUT2D eigenvalue weighted by molar-refractivity contribution is 7.92. The van der Waals surface area contributed by atoms with Gasteiger partial charge in [0.25, 0.3) is 0 Å². The molecule has 1 aliphatic rings. The number of nitrogens with zero attached hydrogens (tertiary/aromatic N) is 1. The summed E-state index contributed by atoms with van der Waals surface area (Å²) in [6, 6.07) is 9.30. The highest BCUT2D eigenvalue weighted by atomic mass is 35.5. The molecule has 0 fully saturated rings. The zero-order valence-electron chi connectivity index (χ0n) is 14.2. The standard InChI is InChI=1S/C17H16Cl2N2O5S/c1-2-27(23,24)21(12-4-6-15-16(8-12)26-10-25-15)9-17(22)20-11-3-5-13(18)14(19)7-11/h3-8H,2,9-10H2,1H3,(H,20,22). The second kappa shape index (κ2) is 7.84. The van der Waals surface area contributed by atoms with Crippen molar-refractivity contribution in [1.29, 1.82) is 0 Å². The van der Waals surface area contributed by atoms with Gasteiger partial charge in [-0.3, -0.25) is 9.10 Å². The van der Waals surface area contributed by atoms with Crippen molar-refractivity contribution < 1.29 is 22.7 Å². The van der Waals surface area contributed by atoms with Gasteiger partial charge in [0.1, 0.15) is 6.54 Å². The van der Waals surface area contributed by atoms with Crippen molar-refractivity contribution in [2.45, 2.75) is 6.92 Å². The summed E-state index contributed by atoms with van der Waals surface area (Å²) in [5.41, 5.74) is 0.722. The Hall–Kier alpha value is -2.16. The van der Waals surface area contributed by atoms with Gasteiger partial charge in [-0.1, -0.05) is 23.2 Å². The van der Waals surface area contributed by atoms with Crippen LogP contribution in [0.15, 0.2) is 36.4 Å². The Bertz CT molecular complexity index is 981. The normalized spacial score (nSPS) is 12.7. The minimum atomic E-state index is -3.70. The third kappa shape index (κ3) is 4.40. The minimum Gasteiger partial charge on any atom is -0.454 e. The number of sulfonamides is 1. The molecule has 10 heteroatoms. The van der Waals surface area contributed by atoms with E-state index in [0.29, 0.717) is 27.9 Å². The van der Waals surface area contributed by atoms with Gasteiger partial charge in [0.15, 0.2) is 11.5 Å². The van der Waals surface area contributed by atoms with Crippen LogP contribution < -0.4 is 19.1 Å². The molecule has 27 heavy (non-hydrogen) atoms. The molecule has 0 saturated carbocycles. The molecule has 0 saturated heterocycles. The van der Waals surface area contributed by atoms with Gasteiger partial charge in [0, 0.05) is 11.8 Å². The molecule has 0 bridgehead atoms. The van der Waals surface area contributed by atoms with Crippen molar-refractivity contribution in [3.63, 3.8) is 0 Å². The molecule has 2 aromatic rings. The van der Waals surface area contributed by atoms with Crippen molar-refractivity contribution in [2.24, 2.45) is 0 Å². The smallest absolute Gasteiger partial charge is 0.245 e. The number of amides is 1. The Kier molecular flexibility index (Phi) is 5.69. The number of hydrogen-bond acceptors (Lipinski definition) is 5. The summed E-state index contributed by atoms with van der Waals surface area (Å²) < 4.78 is 36.6. The summed E-state index contributed by atoms with van der Waals surface area (Å²) in [7, 11) is -3.70. The van der Waals surface area contributed by atoms with Crippen molar-refractivity contribution in [3.8, 4) is 11.5 Å². The van der Waals surface area contributed by atoms with Crippen LogP contribution in [0.4, 0.5) is 11.4 Å². The van der Waals surface area contributed by atoms with E-state index in [1.807, 2.05) is 0 Å². The Morgan fingerprint density at radius 3 is 2.56 bits per heavy atom. The van der Waals surface area contributed by atoms with Crippen LogP contribution in [-0.4, -0.2) is 33.4 Å². The molecule has 3 rings (SSSR count). The lowest BCUT2D eigenvalue weighted by Crippen LogP contribution is -2.39. The fourth-order valence-corrected chi connectivity index (χ4v) is 3.81. The summed E-state index contributed by atoms with van der Waals surface area (Å²) in [6.45, 7) is 1.17. The SMILES string of the molecule is CCS(=O)(=O)N(CC(=O)Nc1ccc(Cl)c(Cl)c1)c1ccc2c(c1)OCO2. The molecule has 2 aromatic carbocycles. The molecule has 7 nitrogen and oxygen atoms in total. The lowest BCUT2D eigenvalue weighted by molar-refractivity contribution is -0.114. The fourth-order valence-electron chi connectivity index (χ4n) is 2.45. The molecule has 0 radical (unpaired) electrons. The third-order valence-corrected chi connectivity index (χ3v) is 6.32. The molecule has 0 unspecified atom stereocenters. The van der Waals surface area contributed by atoms with Crippen molar-refractivity contribution in [1.82, 2.24) is 0 Å². The number of fused-ring (bicyclic) bond motifs is 1. The quantitative estimate of drug-likeness (QED) is 0.757. The summed E-state index contributed by atoms with van der Waals surface area (Å²) in [4.78, 5) is 12.4. The van der Waals surface area contributed by atoms with Crippen LogP contribution in [0.2, 0.25) is 10.0 Å². The molecule has 1 N–H and O–H groups in total. The highest BCUT2D eigenvalue weighted by Crippen LogP contribution is 2.36. The van der Waals surface area contributed by atoms with Gasteiger partial charge in [-0.05, 0) is 37.3 Å². The number of anilines is 2. The Morgan fingerprint density at radius 2 is 1.85 bits per heavy atom. The number of carbonyl (C=O) groups excluding carboxylic acids is 1. The Labute approximate surface area is 166 Å². The number of nitrogens with one attached hydrogen (secondary N) is 1. The lowest BCUT2D eigenvalue weighted by atomic mass is 10.2. The van der Waals surface area contributed by atoms with Crippen LogP contribution in [0, 0.1) is 0 Å². The molecular formula is C17H16Cl2N2O5S. The zero-order valence-corrected chi connectivity index (χ0v) is 16.6. The number of halogens is 2. The molecule has 0 aliphatic carbocycles. The van der Waals surface area contributed by atoms with Crippen LogP contribution in [0.25, 0.3) is 0 Å². The van der Waals surface area contributed by atoms with E-state index in [9.17, 15) is 13.2 Å². The fraction of sp³-hybridized carbons (Fsp3) is 0.235. The van der Waals surface area contributed by atoms with Gasteiger partial charge in [-0.2, -0.15) is 0 Å². The predicted octanol–water partition coefficient (Wildman–Crippen LogP) is 3.52. The third-order valence-electron chi connectivity index (χ3n) is 3.84. The number of rotatable bonds is 6.